The first kappa shape index (κ1) is 13.4. The highest BCUT2D eigenvalue weighted by atomic mass is 35.5. The molecule has 1 aromatic carbocycles. The summed E-state index contributed by atoms with van der Waals surface area (Å²) in [5.74, 6) is 6.96. The third-order valence-electron chi connectivity index (χ3n) is 3.03. The molecule has 0 fully saturated rings. The van der Waals surface area contributed by atoms with Crippen LogP contribution in [0.2, 0.25) is 5.02 Å². The Kier molecular flexibility index (Phi) is 3.45. The first-order valence-corrected chi connectivity index (χ1v) is 6.68. The highest BCUT2D eigenvalue weighted by Crippen LogP contribution is 2.14. The van der Waals surface area contributed by atoms with Crippen LogP contribution in [-0.4, -0.2) is 24.7 Å². The summed E-state index contributed by atoms with van der Waals surface area (Å²) in [5.41, 5.74) is 1.89. The van der Waals surface area contributed by atoms with Crippen LogP contribution < -0.4 is 5.84 Å². The van der Waals surface area contributed by atoms with Gasteiger partial charge in [-0.15, -0.1) is 10.2 Å². The van der Waals surface area contributed by atoms with E-state index < -0.39 is 0 Å². The van der Waals surface area contributed by atoms with E-state index in [2.05, 4.69) is 15.3 Å². The fourth-order valence-electron chi connectivity index (χ4n) is 1.86. The minimum Gasteiger partial charge on any atom is -0.335 e. The number of hydrogen-bond acceptors (Lipinski definition) is 4. The van der Waals surface area contributed by atoms with Gasteiger partial charge in [-0.25, -0.2) is 4.68 Å². The number of aromatic nitrogens is 5. The number of benzene rings is 1. The smallest absolute Gasteiger partial charge is 0.271 e. The molecule has 0 aliphatic heterocycles. The minimum atomic E-state index is 0.466. The molecule has 0 spiro atoms. The van der Waals surface area contributed by atoms with Crippen LogP contribution in [0.4, 0.5) is 0 Å². The van der Waals surface area contributed by atoms with Crippen molar-refractivity contribution in [1.29, 1.82) is 0 Å². The molecule has 0 saturated heterocycles. The summed E-state index contributed by atoms with van der Waals surface area (Å²) in [7, 11) is 0. The first-order valence-electron chi connectivity index (χ1n) is 6.30. The number of rotatable bonds is 3. The molecule has 0 aliphatic carbocycles. The van der Waals surface area contributed by atoms with Gasteiger partial charge in [-0.05, 0) is 36.8 Å². The summed E-state index contributed by atoms with van der Waals surface area (Å²) in [6.45, 7) is 1.78. The SMILES string of the molecule is Cc1nnc(-n2nccc2/C=C/c2ccc(Cl)cc2)n1N. The van der Waals surface area contributed by atoms with E-state index in [1.165, 1.54) is 4.68 Å². The van der Waals surface area contributed by atoms with E-state index in [0.29, 0.717) is 16.8 Å². The lowest BCUT2D eigenvalue weighted by Gasteiger charge is -2.03. The van der Waals surface area contributed by atoms with E-state index in [-0.39, 0.29) is 0 Å². The van der Waals surface area contributed by atoms with Gasteiger partial charge >= 0.3 is 0 Å². The van der Waals surface area contributed by atoms with Crippen molar-refractivity contribution in [2.75, 3.05) is 5.84 Å². The molecule has 6 nitrogen and oxygen atoms in total. The second-order valence-electron chi connectivity index (χ2n) is 4.47. The molecular formula is C14H13ClN6. The van der Waals surface area contributed by atoms with Gasteiger partial charge in [-0.2, -0.15) is 9.78 Å². The van der Waals surface area contributed by atoms with Crippen LogP contribution in [-0.2, 0) is 0 Å². The van der Waals surface area contributed by atoms with Gasteiger partial charge in [0.1, 0.15) is 0 Å². The van der Waals surface area contributed by atoms with Gasteiger partial charge in [0.25, 0.3) is 5.95 Å². The Balaban J connectivity index is 1.92. The number of nitrogen functional groups attached to an aromatic ring is 1. The summed E-state index contributed by atoms with van der Waals surface area (Å²) in [6.07, 6.45) is 5.58. The topological polar surface area (TPSA) is 74.5 Å². The lowest BCUT2D eigenvalue weighted by atomic mass is 10.2. The van der Waals surface area contributed by atoms with Crippen molar-refractivity contribution in [1.82, 2.24) is 24.7 Å². The molecular weight excluding hydrogens is 288 g/mol. The summed E-state index contributed by atoms with van der Waals surface area (Å²) >= 11 is 5.87. The molecule has 2 aromatic heterocycles. The third-order valence-corrected chi connectivity index (χ3v) is 3.28. The number of aryl methyl sites for hydroxylation is 1. The summed E-state index contributed by atoms with van der Waals surface area (Å²) in [6, 6.07) is 9.44. The Hall–Kier alpha value is -2.60. The average Bonchev–Trinajstić information content (AvgIpc) is 3.06. The normalized spacial score (nSPS) is 11.3. The molecule has 0 bridgehead atoms. The summed E-state index contributed by atoms with van der Waals surface area (Å²) < 4.78 is 3.03. The summed E-state index contributed by atoms with van der Waals surface area (Å²) in [4.78, 5) is 0. The third kappa shape index (κ3) is 2.66. The van der Waals surface area contributed by atoms with Crippen LogP contribution in [0, 0.1) is 6.92 Å². The summed E-state index contributed by atoms with van der Waals surface area (Å²) in [5, 5.41) is 12.9. The molecule has 2 N–H and O–H groups in total. The van der Waals surface area contributed by atoms with Gasteiger partial charge in [0.05, 0.1) is 11.9 Å². The molecule has 7 heteroatoms. The maximum atomic E-state index is 5.88. The van der Waals surface area contributed by atoms with Crippen LogP contribution >= 0.6 is 11.6 Å². The van der Waals surface area contributed by atoms with Crippen molar-refractivity contribution in [2.24, 2.45) is 0 Å². The zero-order chi connectivity index (χ0) is 14.8. The quantitative estimate of drug-likeness (QED) is 0.753. The Morgan fingerprint density at radius 1 is 1.10 bits per heavy atom. The van der Waals surface area contributed by atoms with Crippen LogP contribution in [0.1, 0.15) is 17.1 Å². The molecule has 0 unspecified atom stereocenters. The standard InChI is InChI=1S/C14H13ClN6/c1-10-18-19-14(20(10)16)21-13(8-9-17-21)7-4-11-2-5-12(15)6-3-11/h2-9H,16H2,1H3/b7-4+. The van der Waals surface area contributed by atoms with Gasteiger partial charge in [-0.1, -0.05) is 29.8 Å². The average molecular weight is 301 g/mol. The van der Waals surface area contributed by atoms with Crippen molar-refractivity contribution < 1.29 is 0 Å². The maximum absolute atomic E-state index is 5.88. The first-order chi connectivity index (χ1) is 10.1. The number of halogens is 1. The maximum Gasteiger partial charge on any atom is 0.271 e. The number of nitrogens with zero attached hydrogens (tertiary/aromatic N) is 5. The molecule has 106 valence electrons. The van der Waals surface area contributed by atoms with E-state index >= 15 is 0 Å². The Morgan fingerprint density at radius 2 is 1.86 bits per heavy atom. The Bertz CT molecular complexity index is 784. The lowest BCUT2D eigenvalue weighted by Crippen LogP contribution is -2.17. The van der Waals surface area contributed by atoms with E-state index in [4.69, 9.17) is 17.4 Å². The predicted octanol–water partition coefficient (Wildman–Crippen LogP) is 2.31. The van der Waals surface area contributed by atoms with Crippen LogP contribution in [0.25, 0.3) is 18.1 Å². The van der Waals surface area contributed by atoms with Crippen molar-refractivity contribution in [3.63, 3.8) is 0 Å². The number of hydrogen-bond donors (Lipinski definition) is 1. The van der Waals surface area contributed by atoms with Gasteiger partial charge < -0.3 is 5.84 Å². The molecule has 0 amide bonds. The van der Waals surface area contributed by atoms with Crippen molar-refractivity contribution in [3.8, 4) is 5.95 Å². The largest absolute Gasteiger partial charge is 0.335 e. The molecule has 0 radical (unpaired) electrons. The molecule has 0 atom stereocenters. The zero-order valence-corrected chi connectivity index (χ0v) is 12.1. The Labute approximate surface area is 126 Å². The zero-order valence-electron chi connectivity index (χ0n) is 11.3. The van der Waals surface area contributed by atoms with Crippen LogP contribution in [0.5, 0.6) is 0 Å². The van der Waals surface area contributed by atoms with Gasteiger partial charge in [0.15, 0.2) is 5.82 Å². The Morgan fingerprint density at radius 3 is 2.52 bits per heavy atom. The highest BCUT2D eigenvalue weighted by molar-refractivity contribution is 6.30. The minimum absolute atomic E-state index is 0.466. The van der Waals surface area contributed by atoms with Gasteiger partial charge in [0, 0.05) is 5.02 Å². The molecule has 3 rings (SSSR count). The fraction of sp³-hybridized carbons (Fsp3) is 0.0714. The van der Waals surface area contributed by atoms with E-state index in [1.54, 1.807) is 17.8 Å². The predicted molar refractivity (Wildman–Crippen MR) is 82.4 cm³/mol. The van der Waals surface area contributed by atoms with Crippen molar-refractivity contribution >= 4 is 23.8 Å². The van der Waals surface area contributed by atoms with Crippen LogP contribution in [0.3, 0.4) is 0 Å². The van der Waals surface area contributed by atoms with Crippen molar-refractivity contribution in [3.05, 3.63) is 58.6 Å². The van der Waals surface area contributed by atoms with E-state index in [1.807, 2.05) is 42.5 Å². The second kappa shape index (κ2) is 5.41. The van der Waals surface area contributed by atoms with Gasteiger partial charge in [-0.3, -0.25) is 0 Å². The highest BCUT2D eigenvalue weighted by Gasteiger charge is 2.11. The van der Waals surface area contributed by atoms with E-state index in [0.717, 1.165) is 11.3 Å². The molecule has 0 saturated carbocycles. The molecule has 0 aliphatic rings. The molecule has 21 heavy (non-hydrogen) atoms. The van der Waals surface area contributed by atoms with Gasteiger partial charge in [0.2, 0.25) is 0 Å². The van der Waals surface area contributed by atoms with Crippen molar-refractivity contribution in [2.45, 2.75) is 6.92 Å². The second-order valence-corrected chi connectivity index (χ2v) is 4.91. The monoisotopic (exact) mass is 300 g/mol. The molecule has 2 heterocycles. The van der Waals surface area contributed by atoms with Crippen LogP contribution in [0.15, 0.2) is 36.5 Å². The van der Waals surface area contributed by atoms with E-state index in [9.17, 15) is 0 Å². The fourth-order valence-corrected chi connectivity index (χ4v) is 1.99. The molecule has 3 aromatic rings. The lowest BCUT2D eigenvalue weighted by molar-refractivity contribution is 0.759. The number of nitrogens with two attached hydrogens (primary N) is 1.